The number of non-ortho nitro benzene ring substituents is 1. The minimum absolute atomic E-state index is 0.00273. The molecule has 3 aromatic rings. The summed E-state index contributed by atoms with van der Waals surface area (Å²) in [6.45, 7) is 1.40. The quantitative estimate of drug-likeness (QED) is 0.236. The average molecular weight is 351 g/mol. The van der Waals surface area contributed by atoms with E-state index in [0.29, 0.717) is 14.7 Å². The van der Waals surface area contributed by atoms with Gasteiger partial charge in [0.2, 0.25) is 0 Å². The summed E-state index contributed by atoms with van der Waals surface area (Å²) in [5, 5.41) is 22.9. The molecule has 0 N–H and O–H groups in total. The lowest BCUT2D eigenvalue weighted by Gasteiger charge is -2.15. The molecule has 0 aliphatic heterocycles. The molecule has 0 saturated heterocycles. The third kappa shape index (κ3) is 2.95. The molecule has 0 fully saturated rings. The first-order chi connectivity index (χ1) is 12.4. The standard InChI is InChI=1S/C18H13N3O5/c1-12-18(20(24)16-5-3-2-4-15(16)19(12)23)17(22)11-8-13-6-9-14(10-7-13)21(25)26/h2-11H,1H3. The summed E-state index contributed by atoms with van der Waals surface area (Å²) in [6, 6.07) is 11.8. The maximum Gasteiger partial charge on any atom is 0.329 e. The van der Waals surface area contributed by atoms with Gasteiger partial charge in [0.15, 0.2) is 0 Å². The summed E-state index contributed by atoms with van der Waals surface area (Å²) in [7, 11) is 0. The van der Waals surface area contributed by atoms with Gasteiger partial charge in [-0.1, -0.05) is 18.2 Å². The largest absolute Gasteiger partial charge is 0.805 e. The van der Waals surface area contributed by atoms with E-state index in [2.05, 4.69) is 0 Å². The van der Waals surface area contributed by atoms with Crippen LogP contribution in [0.5, 0.6) is 0 Å². The molecule has 3 rings (SSSR count). The smallest absolute Gasteiger partial charge is 0.329 e. The second-order valence-corrected chi connectivity index (χ2v) is 5.56. The number of nitro benzene ring substituents is 1. The normalized spacial score (nSPS) is 11.1. The Morgan fingerprint density at radius 3 is 2.46 bits per heavy atom. The number of fused-ring (bicyclic) bond motifs is 1. The summed E-state index contributed by atoms with van der Waals surface area (Å²) in [4.78, 5) is 35.1. The Kier molecular flexibility index (Phi) is 4.32. The van der Waals surface area contributed by atoms with E-state index in [1.54, 1.807) is 12.1 Å². The van der Waals surface area contributed by atoms with Gasteiger partial charge in [0.1, 0.15) is 5.52 Å². The van der Waals surface area contributed by atoms with Crippen molar-refractivity contribution in [3.8, 4) is 0 Å². The Morgan fingerprint density at radius 2 is 1.81 bits per heavy atom. The van der Waals surface area contributed by atoms with Gasteiger partial charge in [-0.25, -0.2) is 0 Å². The first-order valence-electron chi connectivity index (χ1n) is 7.61. The van der Waals surface area contributed by atoms with E-state index >= 15 is 0 Å². The molecule has 0 amide bonds. The number of ketones is 1. The SMILES string of the molecule is Cc1c(C(=O)C=Cc2ccc([N+](=O)[O-])cc2)[n+](=O)c2ccccc2n1[O-]. The molecular weight excluding hydrogens is 338 g/mol. The molecule has 8 heteroatoms. The Labute approximate surface area is 147 Å². The molecule has 0 aliphatic rings. The Balaban J connectivity index is 2.00. The zero-order valence-corrected chi connectivity index (χ0v) is 13.7. The van der Waals surface area contributed by atoms with Gasteiger partial charge in [-0.15, -0.1) is 0 Å². The van der Waals surface area contributed by atoms with Gasteiger partial charge in [-0.3, -0.25) is 14.9 Å². The van der Waals surface area contributed by atoms with Crippen LogP contribution in [-0.2, 0) is 0 Å². The first kappa shape index (κ1) is 17.0. The van der Waals surface area contributed by atoms with Crippen molar-refractivity contribution in [2.75, 3.05) is 0 Å². The maximum atomic E-state index is 12.5. The van der Waals surface area contributed by atoms with Crippen LogP contribution in [0.2, 0.25) is 0 Å². The highest BCUT2D eigenvalue weighted by Crippen LogP contribution is 2.16. The molecule has 0 aliphatic carbocycles. The van der Waals surface area contributed by atoms with Gasteiger partial charge in [0.05, 0.1) is 15.0 Å². The van der Waals surface area contributed by atoms with Crippen molar-refractivity contribution in [2.24, 2.45) is 0 Å². The van der Waals surface area contributed by atoms with Crippen LogP contribution in [0, 0.1) is 27.2 Å². The molecule has 26 heavy (non-hydrogen) atoms. The minimum atomic E-state index is -0.633. The summed E-state index contributed by atoms with van der Waals surface area (Å²) in [6.07, 6.45) is 2.59. The predicted octanol–water partition coefficient (Wildman–Crippen LogP) is 3.01. The van der Waals surface area contributed by atoms with Crippen LogP contribution < -0.4 is 4.43 Å². The highest BCUT2D eigenvalue weighted by molar-refractivity contribution is 6.05. The van der Waals surface area contributed by atoms with E-state index in [4.69, 9.17) is 0 Å². The van der Waals surface area contributed by atoms with Crippen LogP contribution in [0.15, 0.2) is 54.6 Å². The number of carbonyl (C=O) groups is 1. The average Bonchev–Trinajstić information content (AvgIpc) is 2.65. The summed E-state index contributed by atoms with van der Waals surface area (Å²) in [5.74, 6) is -0.633. The van der Waals surface area contributed by atoms with E-state index in [1.165, 1.54) is 49.4 Å². The molecule has 0 spiro atoms. The number of carbonyl (C=O) groups excluding carboxylic acids is 1. The molecule has 0 saturated carbocycles. The Hall–Kier alpha value is -3.81. The van der Waals surface area contributed by atoms with Gasteiger partial charge in [0.25, 0.3) is 17.0 Å². The van der Waals surface area contributed by atoms with Crippen LogP contribution in [0.25, 0.3) is 17.1 Å². The van der Waals surface area contributed by atoms with E-state index < -0.39 is 10.7 Å². The number of hydrogen-bond donors (Lipinski definition) is 0. The molecule has 0 radical (unpaired) electrons. The van der Waals surface area contributed by atoms with E-state index in [-0.39, 0.29) is 28.1 Å². The van der Waals surface area contributed by atoms with Crippen molar-refractivity contribution >= 4 is 28.6 Å². The fraction of sp³-hybridized carbons (Fsp3) is 0.0556. The fourth-order valence-electron chi connectivity index (χ4n) is 2.59. The lowest BCUT2D eigenvalue weighted by atomic mass is 10.1. The van der Waals surface area contributed by atoms with Crippen LogP contribution in [0.4, 0.5) is 5.69 Å². The number of benzene rings is 2. The molecule has 130 valence electrons. The lowest BCUT2D eigenvalue weighted by Crippen LogP contribution is -2.29. The van der Waals surface area contributed by atoms with E-state index in [0.717, 1.165) is 6.08 Å². The van der Waals surface area contributed by atoms with Crippen LogP contribution in [0.1, 0.15) is 21.7 Å². The zero-order valence-electron chi connectivity index (χ0n) is 13.7. The van der Waals surface area contributed by atoms with Gasteiger partial charge in [-0.2, -0.15) is 0 Å². The molecule has 0 bridgehead atoms. The minimum Gasteiger partial charge on any atom is -0.805 e. The second-order valence-electron chi connectivity index (χ2n) is 5.56. The summed E-state index contributed by atoms with van der Waals surface area (Å²) >= 11 is 0. The Morgan fingerprint density at radius 1 is 1.15 bits per heavy atom. The third-order valence-electron chi connectivity index (χ3n) is 3.93. The van der Waals surface area contributed by atoms with Crippen molar-refractivity contribution in [2.45, 2.75) is 6.92 Å². The van der Waals surface area contributed by atoms with Crippen molar-refractivity contribution in [3.63, 3.8) is 0 Å². The van der Waals surface area contributed by atoms with Crippen LogP contribution >= 0.6 is 0 Å². The maximum absolute atomic E-state index is 12.5. The number of hydrogen-bond acceptors (Lipinski definition) is 5. The first-order valence-corrected chi connectivity index (χ1v) is 7.61. The molecule has 1 aromatic heterocycles. The van der Waals surface area contributed by atoms with E-state index in [1.807, 2.05) is 0 Å². The summed E-state index contributed by atoms with van der Waals surface area (Å²) in [5.41, 5.74) is 0.489. The fourth-order valence-corrected chi connectivity index (χ4v) is 2.59. The number of nitro groups is 1. The number of para-hydroxylation sites is 2. The number of aromatic nitrogens is 2. The number of rotatable bonds is 4. The van der Waals surface area contributed by atoms with Crippen LogP contribution in [0.3, 0.4) is 0 Å². The molecule has 0 unspecified atom stereocenters. The predicted molar refractivity (Wildman–Crippen MR) is 95.3 cm³/mol. The highest BCUT2D eigenvalue weighted by atomic mass is 16.6. The third-order valence-corrected chi connectivity index (χ3v) is 3.93. The molecule has 1 heterocycles. The van der Waals surface area contributed by atoms with Gasteiger partial charge in [-0.05, 0) is 36.8 Å². The van der Waals surface area contributed by atoms with Crippen molar-refractivity contribution in [1.29, 1.82) is 0 Å². The van der Waals surface area contributed by atoms with Gasteiger partial charge >= 0.3 is 5.69 Å². The molecular formula is C18H13N3O5. The van der Waals surface area contributed by atoms with Gasteiger partial charge < -0.3 is 9.94 Å². The summed E-state index contributed by atoms with van der Waals surface area (Å²) < 4.78 is 0.998. The van der Waals surface area contributed by atoms with Crippen molar-refractivity contribution < 1.29 is 14.1 Å². The zero-order chi connectivity index (χ0) is 18.8. The molecule has 8 nitrogen and oxygen atoms in total. The highest BCUT2D eigenvalue weighted by Gasteiger charge is 2.24. The van der Waals surface area contributed by atoms with Gasteiger partial charge in [0, 0.05) is 23.1 Å². The molecule has 2 aromatic carbocycles. The Bertz CT molecular complexity index is 1110. The number of allylic oxidation sites excluding steroid dienone is 1. The molecule has 0 atom stereocenters. The number of nitrogens with zero attached hydrogens (tertiary/aromatic N) is 3. The lowest BCUT2D eigenvalue weighted by molar-refractivity contribution is -0.468. The van der Waals surface area contributed by atoms with Crippen molar-refractivity contribution in [3.05, 3.63) is 91.8 Å². The monoisotopic (exact) mass is 351 g/mol. The van der Waals surface area contributed by atoms with E-state index in [9.17, 15) is 25.0 Å². The topological polar surface area (TPSA) is 111 Å². The van der Waals surface area contributed by atoms with Crippen molar-refractivity contribution in [1.82, 2.24) is 4.73 Å². The second kappa shape index (κ2) is 6.60. The van der Waals surface area contributed by atoms with Crippen LogP contribution in [-0.4, -0.2) is 15.4 Å².